The summed E-state index contributed by atoms with van der Waals surface area (Å²) in [6, 6.07) is 20.0. The Morgan fingerprint density at radius 2 is 1.70 bits per heavy atom. The SMILES string of the molecule is COc1ccc2cc(CN(C)C(C)C(=O)Nc3ccc(C)cc3)ccc2c1. The van der Waals surface area contributed by atoms with Crippen LogP contribution in [0.4, 0.5) is 5.69 Å². The molecule has 0 aliphatic rings. The van der Waals surface area contributed by atoms with E-state index >= 15 is 0 Å². The zero-order valence-electron chi connectivity index (χ0n) is 16.3. The molecule has 3 rings (SSSR count). The number of hydrogen-bond acceptors (Lipinski definition) is 3. The average molecular weight is 362 g/mol. The first-order valence-electron chi connectivity index (χ1n) is 9.11. The predicted octanol–water partition coefficient (Wildman–Crippen LogP) is 4.62. The maximum atomic E-state index is 12.5. The number of amides is 1. The Bertz CT molecular complexity index is 935. The molecule has 0 aliphatic carbocycles. The number of likely N-dealkylation sites (N-methyl/N-ethyl adjacent to an activating group) is 1. The molecule has 0 aliphatic heterocycles. The first kappa shape index (κ1) is 18.9. The van der Waals surface area contributed by atoms with E-state index < -0.39 is 0 Å². The van der Waals surface area contributed by atoms with Gasteiger partial charge >= 0.3 is 0 Å². The number of rotatable bonds is 6. The van der Waals surface area contributed by atoms with Crippen LogP contribution >= 0.6 is 0 Å². The standard InChI is InChI=1S/C23H26N2O2/c1-16-5-10-21(11-6-16)24-23(26)17(2)25(3)15-18-7-8-20-14-22(27-4)12-9-19(20)13-18/h5-14,17H,15H2,1-4H3,(H,24,26). The normalized spacial score (nSPS) is 12.2. The number of carbonyl (C=O) groups is 1. The molecule has 27 heavy (non-hydrogen) atoms. The molecule has 140 valence electrons. The van der Waals surface area contributed by atoms with Gasteiger partial charge in [-0.3, -0.25) is 9.69 Å². The minimum atomic E-state index is -0.238. The number of nitrogens with one attached hydrogen (secondary N) is 1. The summed E-state index contributed by atoms with van der Waals surface area (Å²) in [5.74, 6) is 0.848. The fraction of sp³-hybridized carbons (Fsp3) is 0.261. The van der Waals surface area contributed by atoms with Crippen molar-refractivity contribution in [2.75, 3.05) is 19.5 Å². The van der Waals surface area contributed by atoms with Crippen LogP contribution in [0.5, 0.6) is 5.75 Å². The monoisotopic (exact) mass is 362 g/mol. The van der Waals surface area contributed by atoms with Gasteiger partial charge in [0.05, 0.1) is 13.2 Å². The van der Waals surface area contributed by atoms with Gasteiger partial charge in [-0.2, -0.15) is 0 Å². The fourth-order valence-electron chi connectivity index (χ4n) is 3.01. The van der Waals surface area contributed by atoms with Crippen LogP contribution in [0, 0.1) is 6.92 Å². The molecule has 1 N–H and O–H groups in total. The molecule has 0 spiro atoms. The number of benzene rings is 3. The van der Waals surface area contributed by atoms with E-state index in [0.717, 1.165) is 16.8 Å². The summed E-state index contributed by atoms with van der Waals surface area (Å²) in [7, 11) is 3.64. The highest BCUT2D eigenvalue weighted by Crippen LogP contribution is 2.22. The summed E-state index contributed by atoms with van der Waals surface area (Å²) in [4.78, 5) is 14.6. The van der Waals surface area contributed by atoms with Gasteiger partial charge in [-0.15, -0.1) is 0 Å². The number of nitrogens with zero attached hydrogens (tertiary/aromatic N) is 1. The van der Waals surface area contributed by atoms with E-state index in [-0.39, 0.29) is 11.9 Å². The lowest BCUT2D eigenvalue weighted by atomic mass is 10.1. The van der Waals surface area contributed by atoms with Crippen LogP contribution in [0.3, 0.4) is 0 Å². The first-order chi connectivity index (χ1) is 13.0. The van der Waals surface area contributed by atoms with Gasteiger partial charge in [-0.25, -0.2) is 0 Å². The fourth-order valence-corrected chi connectivity index (χ4v) is 3.01. The molecule has 0 heterocycles. The molecule has 0 saturated heterocycles. The van der Waals surface area contributed by atoms with Crippen LogP contribution in [0.1, 0.15) is 18.1 Å². The van der Waals surface area contributed by atoms with Crippen LogP contribution in [0.25, 0.3) is 10.8 Å². The highest BCUT2D eigenvalue weighted by atomic mass is 16.5. The predicted molar refractivity (Wildman–Crippen MR) is 111 cm³/mol. The minimum absolute atomic E-state index is 0.00752. The number of ether oxygens (including phenoxy) is 1. The molecule has 1 unspecified atom stereocenters. The van der Waals surface area contributed by atoms with Crippen LogP contribution in [0.15, 0.2) is 60.7 Å². The van der Waals surface area contributed by atoms with E-state index in [4.69, 9.17) is 4.74 Å². The molecule has 3 aromatic carbocycles. The van der Waals surface area contributed by atoms with Crippen molar-refractivity contribution in [2.24, 2.45) is 0 Å². The number of carbonyl (C=O) groups excluding carboxylic acids is 1. The summed E-state index contributed by atoms with van der Waals surface area (Å²) >= 11 is 0. The van der Waals surface area contributed by atoms with Crippen LogP contribution in [-0.2, 0) is 11.3 Å². The highest BCUT2D eigenvalue weighted by molar-refractivity contribution is 5.94. The van der Waals surface area contributed by atoms with Crippen LogP contribution in [-0.4, -0.2) is 31.0 Å². The van der Waals surface area contributed by atoms with Gasteiger partial charge in [0.2, 0.25) is 5.91 Å². The van der Waals surface area contributed by atoms with Crippen molar-refractivity contribution >= 4 is 22.4 Å². The molecular formula is C23H26N2O2. The number of fused-ring (bicyclic) bond motifs is 1. The van der Waals surface area contributed by atoms with E-state index in [9.17, 15) is 4.79 Å². The van der Waals surface area contributed by atoms with Gasteiger partial charge in [-0.1, -0.05) is 35.9 Å². The maximum Gasteiger partial charge on any atom is 0.241 e. The molecule has 4 heteroatoms. The summed E-state index contributed by atoms with van der Waals surface area (Å²) in [6.07, 6.45) is 0. The van der Waals surface area contributed by atoms with Crippen LogP contribution in [0.2, 0.25) is 0 Å². The molecule has 0 aromatic heterocycles. The van der Waals surface area contributed by atoms with E-state index in [1.165, 1.54) is 16.5 Å². The Kier molecular flexibility index (Phi) is 5.77. The summed E-state index contributed by atoms with van der Waals surface area (Å²) < 4.78 is 5.28. The van der Waals surface area contributed by atoms with E-state index in [0.29, 0.717) is 6.54 Å². The number of anilines is 1. The third kappa shape index (κ3) is 4.66. The third-order valence-electron chi connectivity index (χ3n) is 4.90. The summed E-state index contributed by atoms with van der Waals surface area (Å²) in [5, 5.41) is 5.29. The van der Waals surface area contributed by atoms with Gasteiger partial charge in [0, 0.05) is 12.2 Å². The van der Waals surface area contributed by atoms with E-state index in [2.05, 4.69) is 29.6 Å². The quantitative estimate of drug-likeness (QED) is 0.696. The minimum Gasteiger partial charge on any atom is -0.497 e. The second-order valence-electron chi connectivity index (χ2n) is 6.99. The van der Waals surface area contributed by atoms with Crippen molar-refractivity contribution < 1.29 is 9.53 Å². The molecule has 1 amide bonds. The lowest BCUT2D eigenvalue weighted by Crippen LogP contribution is -2.39. The van der Waals surface area contributed by atoms with Crippen molar-refractivity contribution in [1.82, 2.24) is 4.90 Å². The average Bonchev–Trinajstić information content (AvgIpc) is 2.68. The zero-order valence-corrected chi connectivity index (χ0v) is 16.3. The van der Waals surface area contributed by atoms with Crippen molar-refractivity contribution in [3.8, 4) is 5.75 Å². The first-order valence-corrected chi connectivity index (χ1v) is 9.11. The van der Waals surface area contributed by atoms with Gasteiger partial charge in [0.1, 0.15) is 5.75 Å². The van der Waals surface area contributed by atoms with E-state index in [1.54, 1.807) is 7.11 Å². The molecule has 0 radical (unpaired) electrons. The van der Waals surface area contributed by atoms with E-state index in [1.807, 2.05) is 62.2 Å². The summed E-state index contributed by atoms with van der Waals surface area (Å²) in [5.41, 5.74) is 3.17. The molecular weight excluding hydrogens is 336 g/mol. The molecule has 4 nitrogen and oxygen atoms in total. The number of methoxy groups -OCH3 is 1. The summed E-state index contributed by atoms with van der Waals surface area (Å²) in [6.45, 7) is 4.65. The number of aryl methyl sites for hydroxylation is 1. The Balaban J connectivity index is 1.66. The van der Waals surface area contributed by atoms with Crippen molar-refractivity contribution in [2.45, 2.75) is 26.4 Å². The van der Waals surface area contributed by atoms with Crippen molar-refractivity contribution in [3.05, 3.63) is 71.8 Å². The van der Waals surface area contributed by atoms with Gasteiger partial charge in [-0.05, 0) is 67.6 Å². The highest BCUT2D eigenvalue weighted by Gasteiger charge is 2.18. The molecule has 0 bridgehead atoms. The molecule has 0 saturated carbocycles. The second kappa shape index (κ2) is 8.23. The second-order valence-corrected chi connectivity index (χ2v) is 6.99. The Morgan fingerprint density at radius 3 is 2.41 bits per heavy atom. The Labute approximate surface area is 160 Å². The smallest absolute Gasteiger partial charge is 0.241 e. The zero-order chi connectivity index (χ0) is 19.4. The Hall–Kier alpha value is -2.85. The van der Waals surface area contributed by atoms with Gasteiger partial charge in [0.15, 0.2) is 0 Å². The van der Waals surface area contributed by atoms with Crippen molar-refractivity contribution in [3.63, 3.8) is 0 Å². The van der Waals surface area contributed by atoms with Gasteiger partial charge < -0.3 is 10.1 Å². The maximum absolute atomic E-state index is 12.5. The molecule has 3 aromatic rings. The largest absolute Gasteiger partial charge is 0.497 e. The topological polar surface area (TPSA) is 41.6 Å². The molecule has 1 atom stereocenters. The lowest BCUT2D eigenvalue weighted by Gasteiger charge is -2.24. The Morgan fingerprint density at radius 1 is 1.04 bits per heavy atom. The third-order valence-corrected chi connectivity index (χ3v) is 4.90. The van der Waals surface area contributed by atoms with Crippen LogP contribution < -0.4 is 10.1 Å². The van der Waals surface area contributed by atoms with Gasteiger partial charge in [0.25, 0.3) is 0 Å². The molecule has 0 fully saturated rings. The number of hydrogen-bond donors (Lipinski definition) is 1. The lowest BCUT2D eigenvalue weighted by molar-refractivity contribution is -0.120. The van der Waals surface area contributed by atoms with Crippen molar-refractivity contribution in [1.29, 1.82) is 0 Å².